The molecule has 1 aromatic carbocycles. The predicted octanol–water partition coefficient (Wildman–Crippen LogP) is 0.507. The second-order valence-electron chi connectivity index (χ2n) is 4.34. The smallest absolute Gasteiger partial charge is 0.240 e. The van der Waals surface area contributed by atoms with Crippen molar-refractivity contribution in [1.82, 2.24) is 14.7 Å². The molecule has 7 heteroatoms. The second-order valence-corrected chi connectivity index (χ2v) is 6.11. The number of aromatic amines is 1. The zero-order chi connectivity index (χ0) is 15.3. The van der Waals surface area contributed by atoms with Crippen LogP contribution in [0.5, 0.6) is 0 Å². The zero-order valence-corrected chi connectivity index (χ0v) is 12.4. The lowest BCUT2D eigenvalue weighted by Gasteiger charge is -2.07. The van der Waals surface area contributed by atoms with E-state index in [1.807, 2.05) is 6.92 Å². The largest absolute Gasteiger partial charge is 0.347 e. The maximum atomic E-state index is 12.2. The number of nitrogens with zero attached hydrogens (tertiary/aromatic N) is 1. The summed E-state index contributed by atoms with van der Waals surface area (Å²) in [6, 6.07) is 4.79. The highest BCUT2D eigenvalue weighted by molar-refractivity contribution is 7.89. The summed E-state index contributed by atoms with van der Waals surface area (Å²) >= 11 is 0. The predicted molar refractivity (Wildman–Crippen MR) is 79.7 cm³/mol. The number of imidazole rings is 1. The Morgan fingerprint density at radius 3 is 2.86 bits per heavy atom. The first-order chi connectivity index (χ1) is 10.0. The van der Waals surface area contributed by atoms with Gasteiger partial charge in [-0.2, -0.15) is 0 Å². The van der Waals surface area contributed by atoms with Gasteiger partial charge < -0.3 is 10.7 Å². The first-order valence-electron chi connectivity index (χ1n) is 6.30. The Kier molecular flexibility index (Phi) is 4.75. The van der Waals surface area contributed by atoms with Crippen molar-refractivity contribution in [2.45, 2.75) is 18.4 Å². The van der Waals surface area contributed by atoms with Gasteiger partial charge in [0.25, 0.3) is 0 Å². The van der Waals surface area contributed by atoms with Gasteiger partial charge >= 0.3 is 0 Å². The minimum Gasteiger partial charge on any atom is -0.347 e. The van der Waals surface area contributed by atoms with Crippen molar-refractivity contribution in [1.29, 1.82) is 0 Å². The number of aromatic nitrogens is 2. The molecule has 2 rings (SSSR count). The fourth-order valence-corrected chi connectivity index (χ4v) is 2.80. The quantitative estimate of drug-likeness (QED) is 0.716. The van der Waals surface area contributed by atoms with Gasteiger partial charge in [-0.3, -0.25) is 0 Å². The van der Waals surface area contributed by atoms with Crippen molar-refractivity contribution < 1.29 is 8.42 Å². The van der Waals surface area contributed by atoms with E-state index in [2.05, 4.69) is 26.5 Å². The first kappa shape index (κ1) is 15.3. The lowest BCUT2D eigenvalue weighted by atomic mass is 10.1. The van der Waals surface area contributed by atoms with Crippen LogP contribution in [0.3, 0.4) is 0 Å². The van der Waals surface area contributed by atoms with Crippen molar-refractivity contribution in [3.05, 3.63) is 47.5 Å². The van der Waals surface area contributed by atoms with Crippen LogP contribution in [0.4, 0.5) is 0 Å². The van der Waals surface area contributed by atoms with E-state index in [9.17, 15) is 8.42 Å². The monoisotopic (exact) mass is 304 g/mol. The molecule has 0 aliphatic heterocycles. The third-order valence-corrected chi connectivity index (χ3v) is 4.22. The lowest BCUT2D eigenvalue weighted by molar-refractivity contribution is 0.579. The molecule has 1 heterocycles. The highest BCUT2D eigenvalue weighted by Crippen LogP contribution is 2.15. The van der Waals surface area contributed by atoms with E-state index >= 15 is 0 Å². The Morgan fingerprint density at radius 2 is 2.24 bits per heavy atom. The topological polar surface area (TPSA) is 101 Å². The molecule has 6 nitrogen and oxygen atoms in total. The van der Waals surface area contributed by atoms with Crippen molar-refractivity contribution in [3.8, 4) is 11.8 Å². The number of rotatable bonds is 4. The van der Waals surface area contributed by atoms with Crippen molar-refractivity contribution in [2.75, 3.05) is 6.54 Å². The van der Waals surface area contributed by atoms with Crippen LogP contribution in [0.25, 0.3) is 0 Å². The molecule has 1 aromatic heterocycles. The number of nitrogens with one attached hydrogen (secondary N) is 2. The molecule has 0 amide bonds. The summed E-state index contributed by atoms with van der Waals surface area (Å²) in [5, 5.41) is 0. The van der Waals surface area contributed by atoms with E-state index in [0.29, 0.717) is 5.82 Å². The van der Waals surface area contributed by atoms with Crippen molar-refractivity contribution in [2.24, 2.45) is 5.73 Å². The molecule has 0 radical (unpaired) electrons. The Balaban J connectivity index is 2.18. The summed E-state index contributed by atoms with van der Waals surface area (Å²) in [5.41, 5.74) is 6.88. The molecule has 2 aromatic rings. The highest BCUT2D eigenvalue weighted by Gasteiger charge is 2.15. The average molecular weight is 304 g/mol. The Bertz CT molecular complexity index is 771. The maximum Gasteiger partial charge on any atom is 0.240 e. The second kappa shape index (κ2) is 6.54. The first-order valence-corrected chi connectivity index (χ1v) is 7.79. The Morgan fingerprint density at radius 1 is 1.43 bits per heavy atom. The minimum absolute atomic E-state index is 0.114. The van der Waals surface area contributed by atoms with Gasteiger partial charge in [-0.05, 0) is 30.7 Å². The summed E-state index contributed by atoms with van der Waals surface area (Å²) in [6.07, 6.45) is 3.21. The van der Waals surface area contributed by atoms with Gasteiger partial charge in [-0.15, -0.1) is 0 Å². The molecule has 0 unspecified atom stereocenters. The van der Waals surface area contributed by atoms with Crippen LogP contribution in [-0.2, 0) is 16.6 Å². The third-order valence-electron chi connectivity index (χ3n) is 2.82. The van der Waals surface area contributed by atoms with Gasteiger partial charge in [0.2, 0.25) is 10.0 Å². The summed E-state index contributed by atoms with van der Waals surface area (Å²) in [6.45, 7) is 2.19. The van der Waals surface area contributed by atoms with Gasteiger partial charge in [-0.1, -0.05) is 11.8 Å². The number of sulfonamides is 1. The number of aryl methyl sites for hydroxylation is 1. The van der Waals surface area contributed by atoms with E-state index < -0.39 is 10.0 Å². The van der Waals surface area contributed by atoms with Gasteiger partial charge in [0, 0.05) is 18.0 Å². The van der Waals surface area contributed by atoms with Crippen LogP contribution < -0.4 is 10.5 Å². The summed E-state index contributed by atoms with van der Waals surface area (Å²) in [4.78, 5) is 7.00. The molecule has 0 saturated heterocycles. The van der Waals surface area contributed by atoms with Crippen LogP contribution >= 0.6 is 0 Å². The molecule has 0 saturated carbocycles. The van der Waals surface area contributed by atoms with Gasteiger partial charge in [-0.25, -0.2) is 18.1 Å². The SMILES string of the molecule is Cc1cc(S(=O)(=O)NCc2ncc[nH]2)ccc1C#CCN. The number of benzene rings is 1. The van der Waals surface area contributed by atoms with Crippen LogP contribution in [0.2, 0.25) is 0 Å². The van der Waals surface area contributed by atoms with Crippen molar-refractivity contribution in [3.63, 3.8) is 0 Å². The van der Waals surface area contributed by atoms with Gasteiger partial charge in [0.05, 0.1) is 18.0 Å². The maximum absolute atomic E-state index is 12.2. The van der Waals surface area contributed by atoms with E-state index in [1.54, 1.807) is 24.5 Å². The number of nitrogens with two attached hydrogens (primary N) is 1. The van der Waals surface area contributed by atoms with Crippen LogP contribution in [0.1, 0.15) is 17.0 Å². The van der Waals surface area contributed by atoms with Crippen LogP contribution in [-0.4, -0.2) is 24.9 Å². The fourth-order valence-electron chi connectivity index (χ4n) is 1.73. The Hall–Kier alpha value is -2.14. The molecule has 0 aliphatic carbocycles. The standard InChI is InChI=1S/C14H16N4O2S/c1-11-9-13(5-4-12(11)3-2-6-15)21(19,20)18-10-14-16-7-8-17-14/h4-5,7-9,18H,6,10,15H2,1H3,(H,16,17). The Labute approximate surface area is 123 Å². The van der Waals surface area contributed by atoms with E-state index in [4.69, 9.17) is 5.73 Å². The summed E-state index contributed by atoms with van der Waals surface area (Å²) in [5.74, 6) is 6.20. The number of hydrogen-bond acceptors (Lipinski definition) is 4. The van der Waals surface area contributed by atoms with Gasteiger partial charge in [0.1, 0.15) is 5.82 Å². The molecular weight excluding hydrogens is 288 g/mol. The van der Waals surface area contributed by atoms with E-state index in [1.165, 1.54) is 6.07 Å². The summed E-state index contributed by atoms with van der Waals surface area (Å²) in [7, 11) is -3.58. The summed E-state index contributed by atoms with van der Waals surface area (Å²) < 4.78 is 26.9. The molecule has 0 atom stereocenters. The molecular formula is C14H16N4O2S. The van der Waals surface area contributed by atoms with Crippen molar-refractivity contribution >= 4 is 10.0 Å². The zero-order valence-electron chi connectivity index (χ0n) is 11.6. The van der Waals surface area contributed by atoms with Crippen LogP contribution in [0, 0.1) is 18.8 Å². The fraction of sp³-hybridized carbons (Fsp3) is 0.214. The third kappa shape index (κ3) is 3.92. The van der Waals surface area contributed by atoms with Crippen LogP contribution in [0.15, 0.2) is 35.5 Å². The average Bonchev–Trinajstić information content (AvgIpc) is 2.97. The number of hydrogen-bond donors (Lipinski definition) is 3. The molecule has 0 spiro atoms. The molecule has 0 aliphatic rings. The van der Waals surface area contributed by atoms with E-state index in [-0.39, 0.29) is 18.0 Å². The lowest BCUT2D eigenvalue weighted by Crippen LogP contribution is -2.24. The molecule has 4 N–H and O–H groups in total. The van der Waals surface area contributed by atoms with E-state index in [0.717, 1.165) is 11.1 Å². The van der Waals surface area contributed by atoms with Gasteiger partial charge in [0.15, 0.2) is 0 Å². The number of H-pyrrole nitrogens is 1. The molecule has 0 fully saturated rings. The normalized spacial score (nSPS) is 11.0. The molecule has 110 valence electrons. The molecule has 0 bridgehead atoms. The molecule has 21 heavy (non-hydrogen) atoms. The highest BCUT2D eigenvalue weighted by atomic mass is 32.2. The minimum atomic E-state index is -3.58.